The van der Waals surface area contributed by atoms with E-state index in [2.05, 4.69) is 16.0 Å². The van der Waals surface area contributed by atoms with E-state index < -0.39 is 54.0 Å². The van der Waals surface area contributed by atoms with E-state index in [0.29, 0.717) is 0 Å². The molecule has 10 heteroatoms. The Balaban J connectivity index is 3.02. The topological polar surface area (TPSA) is 171 Å². The lowest BCUT2D eigenvalue weighted by atomic mass is 10.0. The Bertz CT molecular complexity index is 768. The SMILES string of the molecule is CC(NC(=O)C(Cc1ccccc1)NC(=O)C(NC(=O)C(N)C(C)C)C(C)O)C(=O)O. The highest BCUT2D eigenvalue weighted by Crippen LogP contribution is 2.06. The van der Waals surface area contributed by atoms with Gasteiger partial charge in [0.1, 0.15) is 18.1 Å². The third kappa shape index (κ3) is 8.35. The van der Waals surface area contributed by atoms with Crippen molar-refractivity contribution in [3.63, 3.8) is 0 Å². The molecule has 1 aromatic carbocycles. The molecular formula is C21H32N4O6. The van der Waals surface area contributed by atoms with Gasteiger partial charge < -0.3 is 31.9 Å². The first-order chi connectivity index (χ1) is 14.4. The van der Waals surface area contributed by atoms with Crippen LogP contribution in [0, 0.1) is 5.92 Å². The molecule has 1 aromatic rings. The average molecular weight is 437 g/mol. The van der Waals surface area contributed by atoms with Crippen LogP contribution in [-0.4, -0.2) is 64.2 Å². The second kappa shape index (κ2) is 12.0. The van der Waals surface area contributed by atoms with Gasteiger partial charge in [-0.25, -0.2) is 0 Å². The van der Waals surface area contributed by atoms with Crippen molar-refractivity contribution in [2.75, 3.05) is 0 Å². The fraction of sp³-hybridized carbons (Fsp3) is 0.524. The Morgan fingerprint density at radius 2 is 1.48 bits per heavy atom. The van der Waals surface area contributed by atoms with Crippen molar-refractivity contribution < 1.29 is 29.4 Å². The lowest BCUT2D eigenvalue weighted by Gasteiger charge is -2.26. The molecule has 3 amide bonds. The van der Waals surface area contributed by atoms with Crippen molar-refractivity contribution >= 4 is 23.7 Å². The molecular weight excluding hydrogens is 404 g/mol. The molecule has 0 spiro atoms. The van der Waals surface area contributed by atoms with Crippen LogP contribution in [0.15, 0.2) is 30.3 Å². The molecule has 0 fully saturated rings. The largest absolute Gasteiger partial charge is 0.480 e. The van der Waals surface area contributed by atoms with Gasteiger partial charge in [0.15, 0.2) is 0 Å². The first-order valence-electron chi connectivity index (χ1n) is 10.1. The number of aliphatic hydroxyl groups excluding tert-OH is 1. The maximum absolute atomic E-state index is 12.8. The number of amides is 3. The summed E-state index contributed by atoms with van der Waals surface area (Å²) in [6.45, 7) is 6.11. The Kier molecular flexibility index (Phi) is 10.1. The second-order valence-corrected chi connectivity index (χ2v) is 7.82. The predicted molar refractivity (Wildman–Crippen MR) is 114 cm³/mol. The molecule has 5 atom stereocenters. The van der Waals surface area contributed by atoms with Crippen LogP contribution < -0.4 is 21.7 Å². The van der Waals surface area contributed by atoms with E-state index in [9.17, 15) is 24.3 Å². The summed E-state index contributed by atoms with van der Waals surface area (Å²) in [6, 6.07) is 4.30. The minimum absolute atomic E-state index is 0.0801. The zero-order valence-electron chi connectivity index (χ0n) is 18.2. The summed E-state index contributed by atoms with van der Waals surface area (Å²) in [6.07, 6.45) is -1.18. The molecule has 0 aliphatic heterocycles. The fourth-order valence-electron chi connectivity index (χ4n) is 2.65. The van der Waals surface area contributed by atoms with Crippen LogP contribution in [0.1, 0.15) is 33.3 Å². The zero-order chi connectivity index (χ0) is 23.7. The van der Waals surface area contributed by atoms with Gasteiger partial charge in [-0.15, -0.1) is 0 Å². The number of carboxylic acid groups (broad SMARTS) is 1. The molecule has 0 aliphatic carbocycles. The van der Waals surface area contributed by atoms with E-state index >= 15 is 0 Å². The third-order valence-electron chi connectivity index (χ3n) is 4.73. The van der Waals surface area contributed by atoms with Crippen molar-refractivity contribution in [3.05, 3.63) is 35.9 Å². The highest BCUT2D eigenvalue weighted by Gasteiger charge is 2.32. The number of carboxylic acids is 1. The van der Waals surface area contributed by atoms with E-state index in [1.165, 1.54) is 13.8 Å². The summed E-state index contributed by atoms with van der Waals surface area (Å²) in [5, 5.41) is 26.3. The normalized spacial score (nSPS) is 15.8. The minimum Gasteiger partial charge on any atom is -0.480 e. The molecule has 31 heavy (non-hydrogen) atoms. The van der Waals surface area contributed by atoms with Crippen LogP contribution in [0.25, 0.3) is 0 Å². The maximum Gasteiger partial charge on any atom is 0.325 e. The van der Waals surface area contributed by atoms with Gasteiger partial charge in [-0.05, 0) is 25.3 Å². The Hall–Kier alpha value is -2.98. The van der Waals surface area contributed by atoms with E-state index in [4.69, 9.17) is 10.8 Å². The number of carbonyl (C=O) groups excluding carboxylic acids is 3. The number of benzene rings is 1. The van der Waals surface area contributed by atoms with Gasteiger partial charge in [-0.2, -0.15) is 0 Å². The number of carbonyl (C=O) groups is 4. The zero-order valence-corrected chi connectivity index (χ0v) is 18.2. The molecule has 5 unspecified atom stereocenters. The lowest BCUT2D eigenvalue weighted by Crippen LogP contribution is -2.60. The summed E-state index contributed by atoms with van der Waals surface area (Å²) in [7, 11) is 0. The Morgan fingerprint density at radius 1 is 0.903 bits per heavy atom. The van der Waals surface area contributed by atoms with Gasteiger partial charge in [0.25, 0.3) is 0 Å². The Morgan fingerprint density at radius 3 is 1.97 bits per heavy atom. The number of nitrogens with two attached hydrogens (primary N) is 1. The molecule has 1 rings (SSSR count). The monoisotopic (exact) mass is 436 g/mol. The van der Waals surface area contributed by atoms with E-state index in [1.807, 2.05) is 0 Å². The first-order valence-corrected chi connectivity index (χ1v) is 10.1. The van der Waals surface area contributed by atoms with Gasteiger partial charge in [-0.1, -0.05) is 44.2 Å². The van der Waals surface area contributed by atoms with Gasteiger partial charge in [0, 0.05) is 6.42 Å². The van der Waals surface area contributed by atoms with Crippen LogP contribution in [0.3, 0.4) is 0 Å². The smallest absolute Gasteiger partial charge is 0.325 e. The molecule has 172 valence electrons. The second-order valence-electron chi connectivity index (χ2n) is 7.82. The molecule has 0 radical (unpaired) electrons. The van der Waals surface area contributed by atoms with Crippen LogP contribution in [0.4, 0.5) is 0 Å². The van der Waals surface area contributed by atoms with Gasteiger partial charge >= 0.3 is 5.97 Å². The molecule has 0 aromatic heterocycles. The summed E-state index contributed by atoms with van der Waals surface area (Å²) in [5.41, 5.74) is 6.53. The number of aliphatic hydroxyl groups is 1. The number of hydrogen-bond acceptors (Lipinski definition) is 6. The van der Waals surface area contributed by atoms with E-state index in [1.54, 1.807) is 44.2 Å². The predicted octanol–water partition coefficient (Wildman–Crippen LogP) is -0.848. The summed E-state index contributed by atoms with van der Waals surface area (Å²) in [5.74, 6) is -3.53. The van der Waals surface area contributed by atoms with Crippen molar-refractivity contribution in [1.29, 1.82) is 0 Å². The minimum atomic E-state index is -1.35. The number of rotatable bonds is 11. The summed E-state index contributed by atoms with van der Waals surface area (Å²) >= 11 is 0. The van der Waals surface area contributed by atoms with Crippen molar-refractivity contribution in [3.8, 4) is 0 Å². The van der Waals surface area contributed by atoms with Gasteiger partial charge in [-0.3, -0.25) is 19.2 Å². The fourth-order valence-corrected chi connectivity index (χ4v) is 2.65. The van der Waals surface area contributed by atoms with Crippen molar-refractivity contribution in [2.45, 2.75) is 64.4 Å². The maximum atomic E-state index is 12.8. The van der Waals surface area contributed by atoms with Crippen molar-refractivity contribution in [2.24, 2.45) is 11.7 Å². The quantitative estimate of drug-likeness (QED) is 0.262. The molecule has 0 bridgehead atoms. The molecule has 10 nitrogen and oxygen atoms in total. The molecule has 0 heterocycles. The molecule has 0 aliphatic rings. The molecule has 0 saturated carbocycles. The summed E-state index contributed by atoms with van der Waals surface area (Å²) < 4.78 is 0. The Labute approximate surface area is 181 Å². The number of aliphatic carboxylic acids is 1. The number of nitrogens with one attached hydrogen (secondary N) is 3. The number of hydrogen-bond donors (Lipinski definition) is 6. The summed E-state index contributed by atoms with van der Waals surface area (Å²) in [4.78, 5) is 48.8. The van der Waals surface area contributed by atoms with E-state index in [-0.39, 0.29) is 12.3 Å². The van der Waals surface area contributed by atoms with Crippen LogP contribution >= 0.6 is 0 Å². The van der Waals surface area contributed by atoms with Gasteiger partial charge in [0.2, 0.25) is 17.7 Å². The third-order valence-corrected chi connectivity index (χ3v) is 4.73. The molecule has 7 N–H and O–H groups in total. The lowest BCUT2D eigenvalue weighted by molar-refractivity contribution is -0.142. The van der Waals surface area contributed by atoms with Crippen LogP contribution in [0.2, 0.25) is 0 Å². The van der Waals surface area contributed by atoms with Gasteiger partial charge in [0.05, 0.1) is 12.1 Å². The highest BCUT2D eigenvalue weighted by molar-refractivity contribution is 5.94. The standard InChI is InChI=1S/C21H32N4O6/c1-11(2)16(22)19(28)25-17(13(4)26)20(29)24-15(10-14-8-6-5-7-9-14)18(27)23-12(3)21(30)31/h5-9,11-13,15-17,26H,10,22H2,1-4H3,(H,23,27)(H,24,29)(H,25,28)(H,30,31). The van der Waals surface area contributed by atoms with Crippen LogP contribution in [0.5, 0.6) is 0 Å². The highest BCUT2D eigenvalue weighted by atomic mass is 16.4. The first kappa shape index (κ1) is 26.1. The van der Waals surface area contributed by atoms with Crippen molar-refractivity contribution in [1.82, 2.24) is 16.0 Å². The molecule has 0 saturated heterocycles. The van der Waals surface area contributed by atoms with Crippen LogP contribution in [-0.2, 0) is 25.6 Å². The van der Waals surface area contributed by atoms with E-state index in [0.717, 1.165) is 5.56 Å². The average Bonchev–Trinajstić information content (AvgIpc) is 2.70.